The fraction of sp³-hybridized carbons (Fsp3) is 0.467. The van der Waals surface area contributed by atoms with E-state index in [1.807, 2.05) is 0 Å². The molecule has 1 aromatic carbocycles. The van der Waals surface area contributed by atoms with Crippen LogP contribution in [0.5, 0.6) is 0 Å². The molecule has 0 bridgehead atoms. The molecule has 0 aromatic heterocycles. The van der Waals surface area contributed by atoms with Gasteiger partial charge in [-0.3, -0.25) is 4.90 Å². The van der Waals surface area contributed by atoms with Crippen LogP contribution >= 0.6 is 0 Å². The van der Waals surface area contributed by atoms with Gasteiger partial charge in [0.05, 0.1) is 6.21 Å². The van der Waals surface area contributed by atoms with Gasteiger partial charge in [-0.1, -0.05) is 13.0 Å². The van der Waals surface area contributed by atoms with Gasteiger partial charge in [-0.05, 0) is 29.8 Å². The Morgan fingerprint density at radius 2 is 1.91 bits per heavy atom. The maximum absolute atomic E-state index is 13.5. The molecule has 4 N–H and O–H groups in total. The van der Waals surface area contributed by atoms with Gasteiger partial charge < -0.3 is 16.4 Å². The zero-order valence-corrected chi connectivity index (χ0v) is 12.9. The SMILES string of the molecule is CCN1CCN(Cc2cc(F)ccc2C=NN=C(N)N)CC1. The first-order valence-electron chi connectivity index (χ1n) is 7.43. The third kappa shape index (κ3) is 4.78. The summed E-state index contributed by atoms with van der Waals surface area (Å²) in [4.78, 5) is 4.72. The normalized spacial score (nSPS) is 17.0. The van der Waals surface area contributed by atoms with Crippen LogP contribution in [0.1, 0.15) is 18.1 Å². The minimum absolute atomic E-state index is 0.101. The molecule has 120 valence electrons. The van der Waals surface area contributed by atoms with Gasteiger partial charge in [0.1, 0.15) is 5.82 Å². The van der Waals surface area contributed by atoms with E-state index in [0.717, 1.165) is 43.9 Å². The van der Waals surface area contributed by atoms with E-state index in [1.165, 1.54) is 6.07 Å². The summed E-state index contributed by atoms with van der Waals surface area (Å²) in [6.07, 6.45) is 1.55. The lowest BCUT2D eigenvalue weighted by Crippen LogP contribution is -2.45. The van der Waals surface area contributed by atoms with E-state index in [4.69, 9.17) is 11.5 Å². The van der Waals surface area contributed by atoms with E-state index in [9.17, 15) is 4.39 Å². The molecule has 1 aliphatic rings. The molecule has 0 spiro atoms. The molecule has 0 unspecified atom stereocenters. The van der Waals surface area contributed by atoms with Crippen molar-refractivity contribution in [2.45, 2.75) is 13.5 Å². The lowest BCUT2D eigenvalue weighted by molar-refractivity contribution is 0.132. The number of hydrogen-bond acceptors (Lipinski definition) is 4. The molecular weight excluding hydrogens is 283 g/mol. The second kappa shape index (κ2) is 7.86. The molecule has 1 saturated heterocycles. The summed E-state index contributed by atoms with van der Waals surface area (Å²) in [5, 5.41) is 7.39. The Balaban J connectivity index is 2.07. The summed E-state index contributed by atoms with van der Waals surface area (Å²) >= 11 is 0. The van der Waals surface area contributed by atoms with Crippen molar-refractivity contribution in [3.8, 4) is 0 Å². The van der Waals surface area contributed by atoms with Gasteiger partial charge in [0.15, 0.2) is 0 Å². The molecule has 6 nitrogen and oxygen atoms in total. The first-order valence-corrected chi connectivity index (χ1v) is 7.43. The van der Waals surface area contributed by atoms with E-state index < -0.39 is 0 Å². The molecule has 7 heteroatoms. The fourth-order valence-electron chi connectivity index (χ4n) is 2.50. The van der Waals surface area contributed by atoms with E-state index in [0.29, 0.717) is 6.54 Å². The zero-order valence-electron chi connectivity index (χ0n) is 12.9. The predicted molar refractivity (Wildman–Crippen MR) is 87.2 cm³/mol. The van der Waals surface area contributed by atoms with E-state index in [2.05, 4.69) is 26.9 Å². The number of hydrogen-bond donors (Lipinski definition) is 2. The highest BCUT2D eigenvalue weighted by Gasteiger charge is 2.16. The van der Waals surface area contributed by atoms with Crippen molar-refractivity contribution in [3.05, 3.63) is 35.1 Å². The van der Waals surface area contributed by atoms with Crippen molar-refractivity contribution in [1.29, 1.82) is 0 Å². The maximum atomic E-state index is 13.5. The third-order valence-electron chi connectivity index (χ3n) is 3.78. The van der Waals surface area contributed by atoms with Gasteiger partial charge in [0.2, 0.25) is 5.96 Å². The minimum atomic E-state index is -0.249. The number of nitrogens with zero attached hydrogens (tertiary/aromatic N) is 4. The highest BCUT2D eigenvalue weighted by molar-refractivity contribution is 5.83. The molecule has 22 heavy (non-hydrogen) atoms. The van der Waals surface area contributed by atoms with Crippen LogP contribution < -0.4 is 11.5 Å². The summed E-state index contributed by atoms with van der Waals surface area (Å²) in [5.41, 5.74) is 12.2. The van der Waals surface area contributed by atoms with Crippen LogP contribution in [-0.2, 0) is 6.54 Å². The fourth-order valence-corrected chi connectivity index (χ4v) is 2.50. The summed E-state index contributed by atoms with van der Waals surface area (Å²) in [5.74, 6) is -0.350. The molecule has 1 aromatic rings. The first-order chi connectivity index (χ1) is 10.6. The first kappa shape index (κ1) is 16.4. The molecule has 1 aliphatic heterocycles. The molecule has 0 aliphatic carbocycles. The van der Waals surface area contributed by atoms with Gasteiger partial charge in [-0.25, -0.2) is 4.39 Å². The van der Waals surface area contributed by atoms with E-state index >= 15 is 0 Å². The predicted octanol–water partition coefficient (Wildman–Crippen LogP) is 0.571. The number of likely N-dealkylation sites (N-methyl/N-ethyl adjacent to an activating group) is 1. The Morgan fingerprint density at radius 3 is 2.55 bits per heavy atom. The van der Waals surface area contributed by atoms with Crippen LogP contribution in [0, 0.1) is 5.82 Å². The number of halogens is 1. The van der Waals surface area contributed by atoms with Crippen LogP contribution in [0.25, 0.3) is 0 Å². The molecule has 1 heterocycles. The Bertz CT molecular complexity index is 545. The number of benzene rings is 1. The van der Waals surface area contributed by atoms with Gasteiger partial charge in [0.25, 0.3) is 0 Å². The number of piperazine rings is 1. The standard InChI is InChI=1S/C15H23FN6/c1-2-21-5-7-22(8-6-21)11-13-9-14(16)4-3-12(13)10-19-20-15(17)18/h3-4,9-10H,2,5-8,11H2,1H3,(H4,17,18,20). The van der Waals surface area contributed by atoms with E-state index in [1.54, 1.807) is 18.3 Å². The highest BCUT2D eigenvalue weighted by Crippen LogP contribution is 2.14. The Morgan fingerprint density at radius 1 is 1.23 bits per heavy atom. The largest absolute Gasteiger partial charge is 0.369 e. The van der Waals surface area contributed by atoms with Crippen molar-refractivity contribution in [2.75, 3.05) is 32.7 Å². The van der Waals surface area contributed by atoms with Crippen molar-refractivity contribution in [1.82, 2.24) is 9.80 Å². The zero-order chi connectivity index (χ0) is 15.9. The Labute approximate surface area is 130 Å². The van der Waals surface area contributed by atoms with Gasteiger partial charge in [-0.15, -0.1) is 5.10 Å². The van der Waals surface area contributed by atoms with Gasteiger partial charge in [-0.2, -0.15) is 5.10 Å². The Hall–Kier alpha value is -1.99. The summed E-state index contributed by atoms with van der Waals surface area (Å²) in [6.45, 7) is 7.99. The molecule has 0 amide bonds. The van der Waals surface area contributed by atoms with Crippen LogP contribution in [0.15, 0.2) is 28.4 Å². The molecule has 0 saturated carbocycles. The minimum Gasteiger partial charge on any atom is -0.369 e. The van der Waals surface area contributed by atoms with Crippen molar-refractivity contribution in [3.63, 3.8) is 0 Å². The molecule has 2 rings (SSSR count). The number of rotatable bonds is 5. The number of guanidine groups is 1. The molecule has 0 radical (unpaired) electrons. The van der Waals surface area contributed by atoms with Crippen molar-refractivity contribution >= 4 is 12.2 Å². The average molecular weight is 306 g/mol. The summed E-state index contributed by atoms with van der Waals surface area (Å²) < 4.78 is 13.5. The van der Waals surface area contributed by atoms with Crippen molar-refractivity contribution < 1.29 is 4.39 Å². The van der Waals surface area contributed by atoms with Crippen molar-refractivity contribution in [2.24, 2.45) is 21.7 Å². The lowest BCUT2D eigenvalue weighted by atomic mass is 10.1. The molecule has 1 fully saturated rings. The monoisotopic (exact) mass is 306 g/mol. The third-order valence-corrected chi connectivity index (χ3v) is 3.78. The quantitative estimate of drug-likeness (QED) is 0.473. The van der Waals surface area contributed by atoms with Gasteiger partial charge in [0, 0.05) is 32.7 Å². The highest BCUT2D eigenvalue weighted by atomic mass is 19.1. The van der Waals surface area contributed by atoms with Crippen LogP contribution in [0.3, 0.4) is 0 Å². The molecule has 0 atom stereocenters. The van der Waals surface area contributed by atoms with Gasteiger partial charge >= 0.3 is 0 Å². The van der Waals surface area contributed by atoms with Crippen LogP contribution in [-0.4, -0.2) is 54.7 Å². The Kier molecular flexibility index (Phi) is 5.85. The lowest BCUT2D eigenvalue weighted by Gasteiger charge is -2.34. The van der Waals surface area contributed by atoms with Crippen LogP contribution in [0.2, 0.25) is 0 Å². The smallest absolute Gasteiger partial charge is 0.211 e. The summed E-state index contributed by atoms with van der Waals surface area (Å²) in [6, 6.07) is 4.65. The second-order valence-electron chi connectivity index (χ2n) is 5.32. The molecular formula is C15H23FN6. The number of nitrogens with two attached hydrogens (primary N) is 2. The van der Waals surface area contributed by atoms with Crippen LogP contribution in [0.4, 0.5) is 4.39 Å². The topological polar surface area (TPSA) is 83.2 Å². The van der Waals surface area contributed by atoms with E-state index in [-0.39, 0.29) is 11.8 Å². The second-order valence-corrected chi connectivity index (χ2v) is 5.32. The maximum Gasteiger partial charge on any atom is 0.211 e. The average Bonchev–Trinajstić information content (AvgIpc) is 2.50. The summed E-state index contributed by atoms with van der Waals surface area (Å²) in [7, 11) is 0.